The molecule has 2 aromatic carbocycles. The first-order chi connectivity index (χ1) is 12.5. The van der Waals surface area contributed by atoms with Gasteiger partial charge in [0.05, 0.1) is 17.8 Å². The van der Waals surface area contributed by atoms with E-state index in [-0.39, 0.29) is 11.6 Å². The lowest BCUT2D eigenvalue weighted by molar-refractivity contribution is -0.123. The highest BCUT2D eigenvalue weighted by atomic mass is 79.9. The number of benzene rings is 2. The second-order valence-electron chi connectivity index (χ2n) is 5.16. The maximum atomic E-state index is 11.9. The van der Waals surface area contributed by atoms with Crippen LogP contribution < -0.4 is 14.9 Å². The molecule has 1 amide bonds. The van der Waals surface area contributed by atoms with Gasteiger partial charge in [-0.25, -0.2) is 5.43 Å². The minimum Gasteiger partial charge on any atom is -0.493 e. The van der Waals surface area contributed by atoms with E-state index in [1.165, 1.54) is 6.21 Å². The summed E-state index contributed by atoms with van der Waals surface area (Å²) in [6.07, 6.45) is 2.41. The highest BCUT2D eigenvalue weighted by Gasteiger charge is 2.08. The minimum absolute atomic E-state index is 0.241. The zero-order valence-electron chi connectivity index (χ0n) is 14.0. The second-order valence-corrected chi connectivity index (χ2v) is 6.87. The van der Waals surface area contributed by atoms with Crippen molar-refractivity contribution in [3.8, 4) is 11.5 Å². The molecule has 0 aliphatic carbocycles. The molecule has 0 aromatic heterocycles. The van der Waals surface area contributed by atoms with Crippen molar-refractivity contribution < 1.29 is 14.3 Å². The standard InChI is InChI=1S/C18H17BrCl2N2O3/c1-2-8-25-15-7-6-13(19)9-12(15)10-22-23-17(24)11-26-16-5-3-4-14(20)18(16)21/h3-7,9-10H,2,8,11H2,1H3,(H,23,24)/b22-10-. The molecular formula is C18H17BrCl2N2O3. The van der Waals surface area contributed by atoms with Gasteiger partial charge < -0.3 is 9.47 Å². The summed E-state index contributed by atoms with van der Waals surface area (Å²) >= 11 is 15.3. The molecule has 0 spiro atoms. The first-order valence-corrected chi connectivity index (χ1v) is 9.37. The molecule has 0 radical (unpaired) electrons. The maximum Gasteiger partial charge on any atom is 0.277 e. The van der Waals surface area contributed by atoms with Crippen molar-refractivity contribution in [2.45, 2.75) is 13.3 Å². The molecule has 0 aliphatic rings. The van der Waals surface area contributed by atoms with Gasteiger partial charge in [0.15, 0.2) is 6.61 Å². The van der Waals surface area contributed by atoms with Crippen LogP contribution in [0.25, 0.3) is 0 Å². The van der Waals surface area contributed by atoms with Gasteiger partial charge in [-0.05, 0) is 36.8 Å². The van der Waals surface area contributed by atoms with Crippen LogP contribution in [0.1, 0.15) is 18.9 Å². The number of nitrogens with zero attached hydrogens (tertiary/aromatic N) is 1. The van der Waals surface area contributed by atoms with Gasteiger partial charge in [-0.15, -0.1) is 0 Å². The molecule has 138 valence electrons. The van der Waals surface area contributed by atoms with E-state index in [2.05, 4.69) is 26.5 Å². The predicted molar refractivity (Wildman–Crippen MR) is 108 cm³/mol. The lowest BCUT2D eigenvalue weighted by Crippen LogP contribution is -2.24. The first kappa shape index (κ1) is 20.6. The van der Waals surface area contributed by atoms with Crippen LogP contribution in [0.3, 0.4) is 0 Å². The Hall–Kier alpha value is -1.76. The Labute approximate surface area is 170 Å². The lowest BCUT2D eigenvalue weighted by atomic mass is 10.2. The lowest BCUT2D eigenvalue weighted by Gasteiger charge is -2.09. The van der Waals surface area contributed by atoms with E-state index in [4.69, 9.17) is 32.7 Å². The van der Waals surface area contributed by atoms with Gasteiger partial charge in [0, 0.05) is 10.0 Å². The van der Waals surface area contributed by atoms with Gasteiger partial charge in [-0.1, -0.05) is 52.1 Å². The van der Waals surface area contributed by atoms with Crippen molar-refractivity contribution in [3.05, 3.63) is 56.5 Å². The number of carbonyl (C=O) groups excluding carboxylic acids is 1. The molecule has 0 atom stereocenters. The highest BCUT2D eigenvalue weighted by molar-refractivity contribution is 9.10. The Kier molecular flexibility index (Phi) is 8.22. The Morgan fingerprint density at radius 2 is 2.04 bits per heavy atom. The monoisotopic (exact) mass is 458 g/mol. The molecule has 2 aromatic rings. The number of ether oxygens (including phenoxy) is 2. The molecular weight excluding hydrogens is 443 g/mol. The third-order valence-corrected chi connectivity index (χ3v) is 4.40. The summed E-state index contributed by atoms with van der Waals surface area (Å²) in [6, 6.07) is 10.5. The van der Waals surface area contributed by atoms with E-state index < -0.39 is 5.91 Å². The molecule has 1 N–H and O–H groups in total. The first-order valence-electron chi connectivity index (χ1n) is 7.82. The smallest absolute Gasteiger partial charge is 0.277 e. The fraction of sp³-hybridized carbons (Fsp3) is 0.222. The van der Waals surface area contributed by atoms with E-state index in [9.17, 15) is 4.79 Å². The summed E-state index contributed by atoms with van der Waals surface area (Å²) in [7, 11) is 0. The van der Waals surface area contributed by atoms with Gasteiger partial charge >= 0.3 is 0 Å². The van der Waals surface area contributed by atoms with Crippen molar-refractivity contribution in [1.29, 1.82) is 0 Å². The van der Waals surface area contributed by atoms with Crippen LogP contribution in [-0.4, -0.2) is 25.3 Å². The van der Waals surface area contributed by atoms with Crippen molar-refractivity contribution in [1.82, 2.24) is 5.43 Å². The molecule has 0 saturated carbocycles. The number of nitrogens with one attached hydrogen (secondary N) is 1. The van der Waals surface area contributed by atoms with Crippen molar-refractivity contribution in [3.63, 3.8) is 0 Å². The highest BCUT2D eigenvalue weighted by Crippen LogP contribution is 2.31. The van der Waals surface area contributed by atoms with Gasteiger partial charge in [0.2, 0.25) is 0 Å². The van der Waals surface area contributed by atoms with Gasteiger partial charge in [0.1, 0.15) is 16.5 Å². The summed E-state index contributed by atoms with van der Waals surface area (Å²) < 4.78 is 11.9. The third kappa shape index (κ3) is 6.20. The number of carbonyl (C=O) groups is 1. The van der Waals surface area contributed by atoms with E-state index >= 15 is 0 Å². The van der Waals surface area contributed by atoms with Crippen molar-refractivity contribution >= 4 is 51.3 Å². The van der Waals surface area contributed by atoms with Crippen LogP contribution >= 0.6 is 39.1 Å². The summed E-state index contributed by atoms with van der Waals surface area (Å²) in [4.78, 5) is 11.9. The molecule has 0 saturated heterocycles. The Bertz CT molecular complexity index is 800. The van der Waals surface area contributed by atoms with Crippen LogP contribution in [0.4, 0.5) is 0 Å². The quantitative estimate of drug-likeness (QED) is 0.442. The average molecular weight is 460 g/mol. The molecule has 0 aliphatic heterocycles. The fourth-order valence-corrected chi connectivity index (χ4v) is 2.63. The number of halogens is 3. The Balaban J connectivity index is 1.92. The third-order valence-electron chi connectivity index (χ3n) is 3.10. The number of hydrogen-bond donors (Lipinski definition) is 1. The van der Waals surface area contributed by atoms with E-state index in [0.717, 1.165) is 16.5 Å². The molecule has 0 unspecified atom stereocenters. The van der Waals surface area contributed by atoms with Gasteiger partial charge in [-0.2, -0.15) is 5.10 Å². The van der Waals surface area contributed by atoms with Gasteiger partial charge in [0.25, 0.3) is 5.91 Å². The second kappa shape index (κ2) is 10.4. The molecule has 0 bridgehead atoms. The largest absolute Gasteiger partial charge is 0.493 e. The van der Waals surface area contributed by atoms with Crippen LogP contribution in [0.2, 0.25) is 10.0 Å². The zero-order chi connectivity index (χ0) is 18.9. The molecule has 26 heavy (non-hydrogen) atoms. The van der Waals surface area contributed by atoms with Crippen molar-refractivity contribution in [2.24, 2.45) is 5.10 Å². The van der Waals surface area contributed by atoms with E-state index in [0.29, 0.717) is 23.1 Å². The zero-order valence-corrected chi connectivity index (χ0v) is 17.1. The molecule has 0 heterocycles. The summed E-state index contributed by atoms with van der Waals surface area (Å²) in [5.41, 5.74) is 3.14. The van der Waals surface area contributed by atoms with Crippen molar-refractivity contribution in [2.75, 3.05) is 13.2 Å². The normalized spacial score (nSPS) is 10.8. The predicted octanol–water partition coefficient (Wildman–Crippen LogP) is 5.07. The summed E-state index contributed by atoms with van der Waals surface area (Å²) in [6.45, 7) is 2.39. The van der Waals surface area contributed by atoms with Crippen LogP contribution in [-0.2, 0) is 4.79 Å². The average Bonchev–Trinajstić information content (AvgIpc) is 2.62. The minimum atomic E-state index is -0.427. The van der Waals surface area contributed by atoms with Crippen LogP contribution in [0.15, 0.2) is 46.0 Å². The summed E-state index contributed by atoms with van der Waals surface area (Å²) in [5.74, 6) is 0.596. The maximum absolute atomic E-state index is 11.9. The van der Waals surface area contributed by atoms with Gasteiger partial charge in [-0.3, -0.25) is 4.79 Å². The molecule has 8 heteroatoms. The Morgan fingerprint density at radius 3 is 2.81 bits per heavy atom. The number of rotatable bonds is 8. The summed E-state index contributed by atoms with van der Waals surface area (Å²) in [5, 5.41) is 4.56. The molecule has 0 fully saturated rings. The molecule has 2 rings (SSSR count). The van der Waals surface area contributed by atoms with E-state index in [1.54, 1.807) is 18.2 Å². The van der Waals surface area contributed by atoms with Crippen LogP contribution in [0.5, 0.6) is 11.5 Å². The fourth-order valence-electron chi connectivity index (χ4n) is 1.91. The number of hydrazone groups is 1. The van der Waals surface area contributed by atoms with E-state index in [1.807, 2.05) is 25.1 Å². The number of hydrogen-bond acceptors (Lipinski definition) is 4. The SMILES string of the molecule is CCCOc1ccc(Br)cc1/C=N\NC(=O)COc1cccc(Cl)c1Cl. The Morgan fingerprint density at radius 1 is 1.23 bits per heavy atom. The van der Waals surface area contributed by atoms with Crippen LogP contribution in [0, 0.1) is 0 Å². The number of amides is 1. The topological polar surface area (TPSA) is 59.9 Å². The molecule has 5 nitrogen and oxygen atoms in total.